The molecule has 1 nitrogen and oxygen atoms in total. The van der Waals surface area contributed by atoms with E-state index in [0.29, 0.717) is 23.1 Å². The molecular weight excluding hydrogens is 428 g/mol. The molecule has 172 valence electrons. The lowest BCUT2D eigenvalue weighted by Crippen LogP contribution is -2.16. The maximum absolute atomic E-state index is 15.3. The van der Waals surface area contributed by atoms with Gasteiger partial charge in [-0.3, -0.25) is 0 Å². The quantitative estimate of drug-likeness (QED) is 0.256. The lowest BCUT2D eigenvalue weighted by molar-refractivity contribution is -0.274. The Morgan fingerprint density at radius 2 is 1.52 bits per heavy atom. The van der Waals surface area contributed by atoms with Gasteiger partial charge in [0.05, 0.1) is 0 Å². The highest BCUT2D eigenvalue weighted by atomic mass is 19.4. The van der Waals surface area contributed by atoms with Crippen LogP contribution in [0.1, 0.15) is 54.9 Å². The highest BCUT2D eigenvalue weighted by Crippen LogP contribution is 2.36. The zero-order valence-corrected chi connectivity index (χ0v) is 18.5. The maximum Gasteiger partial charge on any atom is 0.573 e. The van der Waals surface area contributed by atoms with Crippen molar-refractivity contribution in [3.8, 4) is 16.9 Å². The monoisotopic (exact) mass is 454 g/mol. The van der Waals surface area contributed by atoms with E-state index < -0.39 is 6.36 Å². The van der Waals surface area contributed by atoms with Crippen LogP contribution in [0.25, 0.3) is 22.8 Å². The largest absolute Gasteiger partial charge is 0.573 e. The van der Waals surface area contributed by atoms with Gasteiger partial charge in [0.2, 0.25) is 0 Å². The van der Waals surface area contributed by atoms with E-state index in [1.54, 1.807) is 6.07 Å². The van der Waals surface area contributed by atoms with Crippen LogP contribution in [0.15, 0.2) is 60.7 Å². The van der Waals surface area contributed by atoms with Crippen LogP contribution in [0, 0.1) is 5.82 Å². The van der Waals surface area contributed by atoms with E-state index in [2.05, 4.69) is 35.9 Å². The highest BCUT2D eigenvalue weighted by molar-refractivity contribution is 5.85. The Bertz CT molecular complexity index is 1130. The number of allylic oxidation sites excluding steroid dienone is 1. The van der Waals surface area contributed by atoms with E-state index in [4.69, 9.17) is 0 Å². The first kappa shape index (κ1) is 23.1. The molecule has 0 atom stereocenters. The van der Waals surface area contributed by atoms with E-state index in [1.165, 1.54) is 54.7 Å². The van der Waals surface area contributed by atoms with E-state index >= 15 is 4.39 Å². The molecule has 0 radical (unpaired) electrons. The predicted molar refractivity (Wildman–Crippen MR) is 124 cm³/mol. The van der Waals surface area contributed by atoms with Crippen LogP contribution in [0.2, 0.25) is 0 Å². The summed E-state index contributed by atoms with van der Waals surface area (Å²) < 4.78 is 56.3. The summed E-state index contributed by atoms with van der Waals surface area (Å²) in [6.07, 6.45) is 3.34. The van der Waals surface area contributed by atoms with Gasteiger partial charge in [0.1, 0.15) is 11.6 Å². The maximum atomic E-state index is 15.3. The molecule has 0 aliphatic heterocycles. The standard InChI is InChI=1S/C28H26F4O/c1-2-3-4-5-19-6-8-20(9-7-19)22-12-16-26-23(18-22)13-17-25(27(26)29)21-10-14-24(15-11-21)33-28(30,31)32/h6-11,13-15,17-18H,2-5,12,16H2,1H3. The minimum Gasteiger partial charge on any atom is -0.406 e. The third-order valence-electron chi connectivity index (χ3n) is 6.05. The molecule has 0 bridgehead atoms. The number of fused-ring (bicyclic) bond motifs is 1. The zero-order chi connectivity index (χ0) is 23.4. The van der Waals surface area contributed by atoms with Crippen molar-refractivity contribution in [2.45, 2.75) is 51.8 Å². The van der Waals surface area contributed by atoms with E-state index in [0.717, 1.165) is 24.0 Å². The number of hydrogen-bond donors (Lipinski definition) is 0. The van der Waals surface area contributed by atoms with Crippen molar-refractivity contribution >= 4 is 11.6 Å². The first-order chi connectivity index (χ1) is 15.8. The number of aryl methyl sites for hydroxylation is 1. The van der Waals surface area contributed by atoms with Crippen molar-refractivity contribution in [3.63, 3.8) is 0 Å². The van der Waals surface area contributed by atoms with Gasteiger partial charge in [-0.15, -0.1) is 13.2 Å². The summed E-state index contributed by atoms with van der Waals surface area (Å²) in [5.41, 5.74) is 6.06. The van der Waals surface area contributed by atoms with Crippen LogP contribution < -0.4 is 4.74 Å². The lowest BCUT2D eigenvalue weighted by atomic mass is 9.86. The fourth-order valence-electron chi connectivity index (χ4n) is 4.30. The average Bonchev–Trinajstić information content (AvgIpc) is 2.79. The van der Waals surface area contributed by atoms with Gasteiger partial charge in [-0.2, -0.15) is 0 Å². The van der Waals surface area contributed by atoms with E-state index in [9.17, 15) is 13.2 Å². The van der Waals surface area contributed by atoms with Crippen molar-refractivity contribution in [2.24, 2.45) is 0 Å². The summed E-state index contributed by atoms with van der Waals surface area (Å²) in [5, 5.41) is 0. The van der Waals surface area contributed by atoms with Gasteiger partial charge in [0.15, 0.2) is 0 Å². The normalized spacial score (nSPS) is 13.4. The van der Waals surface area contributed by atoms with Crippen LogP contribution in [0.4, 0.5) is 17.6 Å². The Balaban J connectivity index is 1.53. The number of hydrogen-bond acceptors (Lipinski definition) is 1. The summed E-state index contributed by atoms with van der Waals surface area (Å²) in [7, 11) is 0. The van der Waals surface area contributed by atoms with Crippen LogP contribution in [0.3, 0.4) is 0 Å². The summed E-state index contributed by atoms with van der Waals surface area (Å²) in [5.74, 6) is -0.646. The lowest BCUT2D eigenvalue weighted by Gasteiger charge is -2.19. The van der Waals surface area contributed by atoms with Gasteiger partial charge in [-0.25, -0.2) is 4.39 Å². The number of ether oxygens (including phenoxy) is 1. The summed E-state index contributed by atoms with van der Waals surface area (Å²) in [6, 6.07) is 17.5. The molecule has 0 saturated heterocycles. The molecule has 0 saturated carbocycles. The fraction of sp³-hybridized carbons (Fsp3) is 0.286. The molecule has 0 amide bonds. The van der Waals surface area contributed by atoms with Crippen molar-refractivity contribution in [1.82, 2.24) is 0 Å². The second-order valence-corrected chi connectivity index (χ2v) is 8.39. The van der Waals surface area contributed by atoms with Gasteiger partial charge in [0.25, 0.3) is 0 Å². The zero-order valence-electron chi connectivity index (χ0n) is 18.5. The topological polar surface area (TPSA) is 9.23 Å². The second kappa shape index (κ2) is 9.82. The molecule has 0 unspecified atom stereocenters. The fourth-order valence-corrected chi connectivity index (χ4v) is 4.30. The Labute approximate surface area is 191 Å². The molecule has 1 aliphatic rings. The molecule has 0 spiro atoms. The molecule has 33 heavy (non-hydrogen) atoms. The number of halogens is 4. The molecule has 4 rings (SSSR count). The molecule has 3 aromatic rings. The average molecular weight is 455 g/mol. The minimum atomic E-state index is -4.75. The Morgan fingerprint density at radius 1 is 0.818 bits per heavy atom. The summed E-state index contributed by atoms with van der Waals surface area (Å²) in [4.78, 5) is 0. The third-order valence-corrected chi connectivity index (χ3v) is 6.05. The van der Waals surface area contributed by atoms with Crippen LogP contribution in [-0.2, 0) is 12.8 Å². The second-order valence-electron chi connectivity index (χ2n) is 8.39. The van der Waals surface area contributed by atoms with Gasteiger partial charge in [0, 0.05) is 5.56 Å². The Hall–Kier alpha value is -3.08. The molecule has 0 heterocycles. The van der Waals surface area contributed by atoms with Crippen molar-refractivity contribution in [1.29, 1.82) is 0 Å². The molecule has 0 aromatic heterocycles. The van der Waals surface area contributed by atoms with Gasteiger partial charge in [-0.1, -0.05) is 74.4 Å². The van der Waals surface area contributed by atoms with Crippen molar-refractivity contribution < 1.29 is 22.3 Å². The van der Waals surface area contributed by atoms with Crippen LogP contribution in [-0.4, -0.2) is 6.36 Å². The third kappa shape index (κ3) is 5.65. The number of benzene rings is 3. The van der Waals surface area contributed by atoms with E-state index in [-0.39, 0.29) is 11.6 Å². The number of unbranched alkanes of at least 4 members (excludes halogenated alkanes) is 2. The molecule has 5 heteroatoms. The first-order valence-corrected chi connectivity index (χ1v) is 11.3. The summed E-state index contributed by atoms with van der Waals surface area (Å²) in [6.45, 7) is 2.20. The van der Waals surface area contributed by atoms with Gasteiger partial charge < -0.3 is 4.74 Å². The van der Waals surface area contributed by atoms with Crippen molar-refractivity contribution in [3.05, 3.63) is 88.7 Å². The smallest absolute Gasteiger partial charge is 0.406 e. The number of alkyl halides is 3. The summed E-state index contributed by atoms with van der Waals surface area (Å²) >= 11 is 0. The van der Waals surface area contributed by atoms with Gasteiger partial charge in [-0.05, 0) is 71.2 Å². The first-order valence-electron chi connectivity index (χ1n) is 11.3. The van der Waals surface area contributed by atoms with E-state index in [1.807, 2.05) is 12.1 Å². The molecular formula is C28H26F4O. The Morgan fingerprint density at radius 3 is 2.18 bits per heavy atom. The van der Waals surface area contributed by atoms with Gasteiger partial charge >= 0.3 is 6.36 Å². The highest BCUT2D eigenvalue weighted by Gasteiger charge is 2.31. The van der Waals surface area contributed by atoms with Crippen LogP contribution in [0.5, 0.6) is 5.75 Å². The molecule has 0 fully saturated rings. The molecule has 3 aromatic carbocycles. The van der Waals surface area contributed by atoms with Crippen LogP contribution >= 0.6 is 0 Å². The van der Waals surface area contributed by atoms with Crippen molar-refractivity contribution in [2.75, 3.05) is 0 Å². The molecule has 0 N–H and O–H groups in total. The SMILES string of the molecule is CCCCCc1ccc(C2=Cc3ccc(-c4ccc(OC(F)(F)F)cc4)c(F)c3CC2)cc1. The minimum absolute atomic E-state index is 0.321. The molecule has 1 aliphatic carbocycles. The Kier molecular flexibility index (Phi) is 6.87. The predicted octanol–water partition coefficient (Wildman–Crippen LogP) is 8.61. The number of rotatable bonds is 7.